The van der Waals surface area contributed by atoms with Crippen molar-refractivity contribution in [3.63, 3.8) is 0 Å². The van der Waals surface area contributed by atoms with E-state index in [0.717, 1.165) is 5.69 Å². The van der Waals surface area contributed by atoms with Gasteiger partial charge in [-0.1, -0.05) is 30.0 Å². The fraction of sp³-hybridized carbons (Fsp3) is 0.318. The fourth-order valence-electron chi connectivity index (χ4n) is 3.72. The topological polar surface area (TPSA) is 113 Å². The van der Waals surface area contributed by atoms with Crippen LogP contribution < -0.4 is 9.64 Å². The zero-order chi connectivity index (χ0) is 22.7. The second kappa shape index (κ2) is 9.33. The summed E-state index contributed by atoms with van der Waals surface area (Å²) in [7, 11) is -3.16. The van der Waals surface area contributed by atoms with Crippen LogP contribution in [0, 0.1) is 0 Å². The maximum absolute atomic E-state index is 12.3. The van der Waals surface area contributed by atoms with E-state index in [-0.39, 0.29) is 42.1 Å². The lowest BCUT2D eigenvalue weighted by molar-refractivity contribution is -0.137. The van der Waals surface area contributed by atoms with Gasteiger partial charge in [0.25, 0.3) is 0 Å². The molecule has 0 aromatic heterocycles. The van der Waals surface area contributed by atoms with Crippen LogP contribution in [0.2, 0.25) is 0 Å². The molecule has 0 radical (unpaired) electrons. The Balaban J connectivity index is 1.55. The van der Waals surface area contributed by atoms with Gasteiger partial charge in [0, 0.05) is 23.8 Å². The van der Waals surface area contributed by atoms with Crippen LogP contribution >= 0.6 is 11.8 Å². The number of amides is 1. The summed E-state index contributed by atoms with van der Waals surface area (Å²) in [6, 6.07) is 16.2. The van der Waals surface area contributed by atoms with Crippen LogP contribution in [0.5, 0.6) is 11.5 Å². The summed E-state index contributed by atoms with van der Waals surface area (Å²) < 4.78 is 30.2. The highest BCUT2D eigenvalue weighted by Gasteiger charge is 2.49. The Hall–Kier alpha value is -2.85. The summed E-state index contributed by atoms with van der Waals surface area (Å²) in [5.74, 6) is 0.00336. The van der Waals surface area contributed by atoms with Crippen molar-refractivity contribution in [2.75, 3.05) is 16.4 Å². The fourth-order valence-corrected chi connectivity index (χ4v) is 7.65. The lowest BCUT2D eigenvalue weighted by Gasteiger charge is -2.24. The number of ether oxygens (including phenoxy) is 1. The van der Waals surface area contributed by atoms with Crippen LogP contribution in [0.15, 0.2) is 59.6 Å². The predicted molar refractivity (Wildman–Crippen MR) is 123 cm³/mol. The molecule has 0 unspecified atom stereocenters. The first-order valence-corrected chi connectivity index (χ1v) is 12.8. The molecule has 1 N–H and O–H groups in total. The molecule has 2 aliphatic rings. The van der Waals surface area contributed by atoms with Crippen molar-refractivity contribution < 1.29 is 27.9 Å². The van der Waals surface area contributed by atoms with Gasteiger partial charge in [-0.2, -0.15) is 4.99 Å². The SMILES string of the molecule is O=C(O)CCCC(=O)N=C1S[C@@H]2CS(=O)(=O)C[C@@H]2N1c1ccc(Oc2ccccc2)cc1. The Labute approximate surface area is 190 Å². The number of rotatable bonds is 7. The van der Waals surface area contributed by atoms with Crippen LogP contribution in [0.1, 0.15) is 19.3 Å². The van der Waals surface area contributed by atoms with Gasteiger partial charge in [-0.15, -0.1) is 0 Å². The highest BCUT2D eigenvalue weighted by molar-refractivity contribution is 8.16. The Morgan fingerprint density at radius 3 is 2.41 bits per heavy atom. The number of para-hydroxylation sites is 1. The van der Waals surface area contributed by atoms with Crippen LogP contribution in [-0.4, -0.2) is 53.4 Å². The molecule has 4 rings (SSSR count). The average molecular weight is 475 g/mol. The Kier molecular flexibility index (Phi) is 6.52. The van der Waals surface area contributed by atoms with E-state index in [4.69, 9.17) is 9.84 Å². The minimum Gasteiger partial charge on any atom is -0.481 e. The Morgan fingerprint density at radius 2 is 1.72 bits per heavy atom. The molecule has 2 aromatic rings. The van der Waals surface area contributed by atoms with E-state index in [9.17, 15) is 18.0 Å². The summed E-state index contributed by atoms with van der Waals surface area (Å²) in [6.45, 7) is 0. The van der Waals surface area contributed by atoms with E-state index in [1.807, 2.05) is 42.5 Å². The number of benzene rings is 2. The molecule has 168 valence electrons. The van der Waals surface area contributed by atoms with Crippen LogP contribution in [0.4, 0.5) is 5.69 Å². The van der Waals surface area contributed by atoms with Gasteiger partial charge in [-0.05, 0) is 42.8 Å². The summed E-state index contributed by atoms with van der Waals surface area (Å²) in [6.07, 6.45) is 0.143. The average Bonchev–Trinajstić information content (AvgIpc) is 3.20. The number of carboxylic acid groups (broad SMARTS) is 1. The minimum absolute atomic E-state index is 0.000835. The number of nitrogens with zero attached hydrogens (tertiary/aromatic N) is 2. The van der Waals surface area contributed by atoms with E-state index < -0.39 is 21.7 Å². The van der Waals surface area contributed by atoms with Crippen molar-refractivity contribution in [2.24, 2.45) is 4.99 Å². The van der Waals surface area contributed by atoms with Crippen LogP contribution in [0.3, 0.4) is 0 Å². The molecule has 1 amide bonds. The van der Waals surface area contributed by atoms with Gasteiger partial charge in [-0.3, -0.25) is 9.59 Å². The third kappa shape index (κ3) is 5.31. The molecule has 0 aliphatic carbocycles. The number of aliphatic imine (C=N–C) groups is 1. The molecule has 2 heterocycles. The molecular weight excluding hydrogens is 452 g/mol. The van der Waals surface area contributed by atoms with Crippen LogP contribution in [0.25, 0.3) is 0 Å². The van der Waals surface area contributed by atoms with Crippen molar-refractivity contribution in [3.05, 3.63) is 54.6 Å². The maximum atomic E-state index is 12.3. The van der Waals surface area contributed by atoms with Crippen molar-refractivity contribution in [1.82, 2.24) is 0 Å². The third-order valence-electron chi connectivity index (χ3n) is 5.16. The van der Waals surface area contributed by atoms with E-state index in [1.165, 1.54) is 11.8 Å². The minimum atomic E-state index is -3.16. The number of amidine groups is 1. The van der Waals surface area contributed by atoms with Crippen molar-refractivity contribution >= 4 is 44.3 Å². The molecular formula is C22H22N2O6S2. The largest absolute Gasteiger partial charge is 0.481 e. The standard InChI is InChI=1S/C22H22N2O6S2/c25-20(7-4-8-21(26)27)23-22-24(18-13-32(28,29)14-19(18)31-22)15-9-11-17(12-10-15)30-16-5-2-1-3-6-16/h1-3,5-6,9-12,18-19H,4,7-8,13-14H2,(H,26,27)/t18-,19+/m0/s1. The predicted octanol–water partition coefficient (Wildman–Crippen LogP) is 3.34. The van der Waals surface area contributed by atoms with Crippen molar-refractivity contribution in [1.29, 1.82) is 0 Å². The highest BCUT2D eigenvalue weighted by atomic mass is 32.2. The van der Waals surface area contributed by atoms with E-state index in [2.05, 4.69) is 4.99 Å². The summed E-state index contributed by atoms with van der Waals surface area (Å²) in [4.78, 5) is 29.0. The second-order valence-electron chi connectivity index (χ2n) is 7.61. The number of carboxylic acids is 1. The molecule has 0 bridgehead atoms. The quantitative estimate of drug-likeness (QED) is 0.650. The number of aliphatic carboxylic acids is 1. The molecule has 2 aliphatic heterocycles. The number of hydrogen-bond donors (Lipinski definition) is 1. The molecule has 10 heteroatoms. The number of thioether (sulfide) groups is 1. The second-order valence-corrected chi connectivity index (χ2v) is 11.0. The molecule has 8 nitrogen and oxygen atoms in total. The Morgan fingerprint density at radius 1 is 1.03 bits per heavy atom. The monoisotopic (exact) mass is 474 g/mol. The summed E-state index contributed by atoms with van der Waals surface area (Å²) in [5.41, 5.74) is 0.722. The van der Waals surface area contributed by atoms with Crippen molar-refractivity contribution in [3.8, 4) is 11.5 Å². The number of sulfone groups is 1. The smallest absolute Gasteiger partial charge is 0.303 e. The normalized spacial score (nSPS) is 22.6. The maximum Gasteiger partial charge on any atom is 0.303 e. The van der Waals surface area contributed by atoms with E-state index in [0.29, 0.717) is 16.7 Å². The Bertz CT molecular complexity index is 1130. The van der Waals surface area contributed by atoms with Gasteiger partial charge in [0.1, 0.15) is 11.5 Å². The molecule has 0 saturated carbocycles. The number of carbonyl (C=O) groups excluding carboxylic acids is 1. The van der Waals surface area contributed by atoms with E-state index >= 15 is 0 Å². The lowest BCUT2D eigenvalue weighted by atomic mass is 10.2. The molecule has 32 heavy (non-hydrogen) atoms. The first-order valence-electron chi connectivity index (χ1n) is 10.1. The van der Waals surface area contributed by atoms with Crippen molar-refractivity contribution in [2.45, 2.75) is 30.6 Å². The lowest BCUT2D eigenvalue weighted by Crippen LogP contribution is -2.37. The highest BCUT2D eigenvalue weighted by Crippen LogP contribution is 2.41. The van der Waals surface area contributed by atoms with Gasteiger partial charge in [0.15, 0.2) is 15.0 Å². The molecule has 2 atom stereocenters. The number of carbonyl (C=O) groups is 2. The van der Waals surface area contributed by atoms with Gasteiger partial charge in [0.2, 0.25) is 5.91 Å². The number of fused-ring (bicyclic) bond motifs is 1. The van der Waals surface area contributed by atoms with E-state index in [1.54, 1.807) is 17.0 Å². The molecule has 2 saturated heterocycles. The molecule has 0 spiro atoms. The van der Waals surface area contributed by atoms with Crippen LogP contribution in [-0.2, 0) is 19.4 Å². The first kappa shape index (κ1) is 22.3. The summed E-state index contributed by atoms with van der Waals surface area (Å²) in [5, 5.41) is 9.00. The molecule has 2 fully saturated rings. The first-order chi connectivity index (χ1) is 15.3. The zero-order valence-electron chi connectivity index (χ0n) is 17.1. The number of anilines is 1. The zero-order valence-corrected chi connectivity index (χ0v) is 18.7. The molecule has 2 aromatic carbocycles. The van der Waals surface area contributed by atoms with Gasteiger partial charge in [0.05, 0.1) is 17.5 Å². The summed E-state index contributed by atoms with van der Waals surface area (Å²) >= 11 is 1.29. The van der Waals surface area contributed by atoms with Gasteiger partial charge < -0.3 is 14.7 Å². The van der Waals surface area contributed by atoms with Gasteiger partial charge >= 0.3 is 5.97 Å². The third-order valence-corrected chi connectivity index (χ3v) is 8.37. The van der Waals surface area contributed by atoms with Gasteiger partial charge in [-0.25, -0.2) is 8.42 Å². The number of hydrogen-bond acceptors (Lipinski definition) is 6.